The number of rotatable bonds is 7. The van der Waals surface area contributed by atoms with Crippen molar-refractivity contribution < 1.29 is 9.53 Å². The van der Waals surface area contributed by atoms with E-state index in [-0.39, 0.29) is 5.91 Å². The maximum Gasteiger partial charge on any atom is 0.240 e. The van der Waals surface area contributed by atoms with Gasteiger partial charge in [0.2, 0.25) is 5.91 Å². The number of hydrogen-bond donors (Lipinski definition) is 2. The Labute approximate surface area is 160 Å². The molecule has 1 aliphatic heterocycles. The van der Waals surface area contributed by atoms with Crippen molar-refractivity contribution in [3.63, 3.8) is 0 Å². The van der Waals surface area contributed by atoms with Crippen LogP contribution < -0.4 is 11.1 Å². The van der Waals surface area contributed by atoms with Crippen LogP contribution in [0, 0.1) is 5.92 Å². The van der Waals surface area contributed by atoms with E-state index < -0.39 is 11.6 Å². The van der Waals surface area contributed by atoms with Crippen LogP contribution in [-0.4, -0.2) is 32.8 Å². The Bertz CT molecular complexity index is 766. The Kier molecular flexibility index (Phi) is 5.92. The van der Waals surface area contributed by atoms with Gasteiger partial charge in [-0.05, 0) is 31.7 Å². The summed E-state index contributed by atoms with van der Waals surface area (Å²) in [6, 6.07) is 9.56. The first kappa shape index (κ1) is 19.5. The summed E-state index contributed by atoms with van der Waals surface area (Å²) >= 11 is 0. The summed E-state index contributed by atoms with van der Waals surface area (Å²) in [5.74, 6) is 2.02. The van der Waals surface area contributed by atoms with Gasteiger partial charge in [-0.3, -0.25) is 4.79 Å². The average Bonchev–Trinajstić information content (AvgIpc) is 3.03. The fourth-order valence-corrected chi connectivity index (χ4v) is 3.16. The summed E-state index contributed by atoms with van der Waals surface area (Å²) < 4.78 is 8.02. The minimum absolute atomic E-state index is 0.239. The molecule has 1 aliphatic rings. The summed E-state index contributed by atoms with van der Waals surface area (Å²) in [6.45, 7) is 7.22. The van der Waals surface area contributed by atoms with Gasteiger partial charge in [0, 0.05) is 13.0 Å². The molecule has 0 bridgehead atoms. The standard InChI is InChI=1S/C20H29N5O2/c1-14-9-10-17-23-24-18(25(17)11-14)16(22-19(26)20(2,3)21)13-27-12-15-7-5-4-6-8-15/h4-8,14,16H,9-13,21H2,1-3H3,(H,22,26)/t14?,16-/m1/s1. The fourth-order valence-electron chi connectivity index (χ4n) is 3.16. The van der Waals surface area contributed by atoms with Crippen molar-refractivity contribution in [3.05, 3.63) is 47.5 Å². The molecule has 2 atom stereocenters. The molecule has 0 saturated heterocycles. The Hall–Kier alpha value is -2.25. The largest absolute Gasteiger partial charge is 0.374 e. The number of carbonyl (C=O) groups is 1. The van der Waals surface area contributed by atoms with Gasteiger partial charge in [-0.15, -0.1) is 10.2 Å². The number of benzene rings is 1. The smallest absolute Gasteiger partial charge is 0.240 e. The number of carbonyl (C=O) groups excluding carboxylic acids is 1. The quantitative estimate of drug-likeness (QED) is 0.776. The molecule has 0 aliphatic carbocycles. The van der Waals surface area contributed by atoms with E-state index in [4.69, 9.17) is 10.5 Å². The van der Waals surface area contributed by atoms with Crippen LogP contribution in [-0.2, 0) is 29.1 Å². The van der Waals surface area contributed by atoms with Crippen molar-refractivity contribution >= 4 is 5.91 Å². The number of fused-ring (bicyclic) bond motifs is 1. The summed E-state index contributed by atoms with van der Waals surface area (Å²) in [5, 5.41) is 11.7. The molecule has 0 radical (unpaired) electrons. The highest BCUT2D eigenvalue weighted by Crippen LogP contribution is 2.23. The fraction of sp³-hybridized carbons (Fsp3) is 0.550. The van der Waals surface area contributed by atoms with Crippen LogP contribution >= 0.6 is 0 Å². The third kappa shape index (κ3) is 4.93. The number of nitrogens with one attached hydrogen (secondary N) is 1. The number of ether oxygens (including phenoxy) is 1. The Balaban J connectivity index is 1.76. The molecule has 1 aromatic heterocycles. The molecule has 2 aromatic rings. The van der Waals surface area contributed by atoms with Crippen LogP contribution in [0.25, 0.3) is 0 Å². The van der Waals surface area contributed by atoms with Crippen molar-refractivity contribution in [2.45, 2.75) is 58.3 Å². The number of nitrogens with two attached hydrogens (primary N) is 1. The second-order valence-electron chi connectivity index (χ2n) is 7.98. The summed E-state index contributed by atoms with van der Waals surface area (Å²) in [5.41, 5.74) is 6.07. The lowest BCUT2D eigenvalue weighted by Crippen LogP contribution is -2.51. The number of aryl methyl sites for hydroxylation is 1. The number of nitrogens with zero attached hydrogens (tertiary/aromatic N) is 3. The van der Waals surface area contributed by atoms with Crippen molar-refractivity contribution in [2.24, 2.45) is 11.7 Å². The number of aromatic nitrogens is 3. The van der Waals surface area contributed by atoms with Crippen LogP contribution in [0.3, 0.4) is 0 Å². The molecule has 27 heavy (non-hydrogen) atoms. The van der Waals surface area contributed by atoms with Gasteiger partial charge in [0.05, 0.1) is 18.8 Å². The van der Waals surface area contributed by atoms with Gasteiger partial charge >= 0.3 is 0 Å². The Morgan fingerprint density at radius 2 is 2.11 bits per heavy atom. The average molecular weight is 371 g/mol. The van der Waals surface area contributed by atoms with E-state index in [9.17, 15) is 4.79 Å². The van der Waals surface area contributed by atoms with Gasteiger partial charge < -0.3 is 20.4 Å². The van der Waals surface area contributed by atoms with Gasteiger partial charge in [0.1, 0.15) is 11.9 Å². The Morgan fingerprint density at radius 3 is 2.81 bits per heavy atom. The predicted molar refractivity (Wildman–Crippen MR) is 103 cm³/mol. The van der Waals surface area contributed by atoms with Crippen LogP contribution in [0.5, 0.6) is 0 Å². The molecule has 7 nitrogen and oxygen atoms in total. The van der Waals surface area contributed by atoms with E-state index >= 15 is 0 Å². The molecule has 1 amide bonds. The van der Waals surface area contributed by atoms with Gasteiger partial charge in [-0.1, -0.05) is 37.3 Å². The van der Waals surface area contributed by atoms with Crippen molar-refractivity contribution in [3.8, 4) is 0 Å². The molecule has 3 rings (SSSR count). The van der Waals surface area contributed by atoms with Gasteiger partial charge in [-0.25, -0.2) is 0 Å². The zero-order valence-corrected chi connectivity index (χ0v) is 16.3. The predicted octanol–water partition coefficient (Wildman–Crippen LogP) is 1.97. The zero-order chi connectivity index (χ0) is 19.4. The summed E-state index contributed by atoms with van der Waals surface area (Å²) in [6.07, 6.45) is 2.01. The zero-order valence-electron chi connectivity index (χ0n) is 16.3. The van der Waals surface area contributed by atoms with E-state index in [2.05, 4.69) is 27.0 Å². The maximum atomic E-state index is 12.5. The lowest BCUT2D eigenvalue weighted by atomic mass is 10.0. The van der Waals surface area contributed by atoms with E-state index in [1.54, 1.807) is 13.8 Å². The van der Waals surface area contributed by atoms with Crippen LogP contribution in [0.1, 0.15) is 50.4 Å². The number of amides is 1. The van der Waals surface area contributed by atoms with E-state index in [0.717, 1.165) is 36.6 Å². The molecule has 3 N–H and O–H groups in total. The van der Waals surface area contributed by atoms with Crippen LogP contribution in [0.4, 0.5) is 0 Å². The molecule has 7 heteroatoms. The van der Waals surface area contributed by atoms with E-state index in [1.165, 1.54) is 0 Å². The molecule has 2 heterocycles. The third-order valence-electron chi connectivity index (χ3n) is 4.81. The van der Waals surface area contributed by atoms with E-state index in [0.29, 0.717) is 19.1 Å². The first-order valence-corrected chi connectivity index (χ1v) is 9.48. The molecule has 0 fully saturated rings. The molecule has 0 saturated carbocycles. The van der Waals surface area contributed by atoms with E-state index in [1.807, 2.05) is 30.3 Å². The molecule has 146 valence electrons. The first-order valence-electron chi connectivity index (χ1n) is 9.48. The summed E-state index contributed by atoms with van der Waals surface area (Å²) in [4.78, 5) is 12.5. The SMILES string of the molecule is CC1CCc2nnc([C@@H](COCc3ccccc3)NC(=O)C(C)(C)N)n2C1. The molecule has 0 spiro atoms. The van der Waals surface area contributed by atoms with Crippen molar-refractivity contribution in [1.82, 2.24) is 20.1 Å². The highest BCUT2D eigenvalue weighted by molar-refractivity contribution is 5.85. The summed E-state index contributed by atoms with van der Waals surface area (Å²) in [7, 11) is 0. The van der Waals surface area contributed by atoms with Gasteiger partial charge in [0.25, 0.3) is 0 Å². The molecular weight excluding hydrogens is 342 g/mol. The maximum absolute atomic E-state index is 12.5. The van der Waals surface area contributed by atoms with Gasteiger partial charge in [-0.2, -0.15) is 0 Å². The van der Waals surface area contributed by atoms with Crippen molar-refractivity contribution in [1.29, 1.82) is 0 Å². The van der Waals surface area contributed by atoms with Crippen LogP contribution in [0.15, 0.2) is 30.3 Å². The molecule has 1 aromatic carbocycles. The number of hydrogen-bond acceptors (Lipinski definition) is 5. The Morgan fingerprint density at radius 1 is 1.37 bits per heavy atom. The second kappa shape index (κ2) is 8.19. The third-order valence-corrected chi connectivity index (χ3v) is 4.81. The molecular formula is C20H29N5O2. The normalized spacial score (nSPS) is 18.0. The van der Waals surface area contributed by atoms with Crippen molar-refractivity contribution in [2.75, 3.05) is 6.61 Å². The lowest BCUT2D eigenvalue weighted by Gasteiger charge is -2.26. The minimum atomic E-state index is -0.976. The highest BCUT2D eigenvalue weighted by Gasteiger charge is 2.30. The second-order valence-corrected chi connectivity index (χ2v) is 7.98. The molecule has 1 unspecified atom stereocenters. The lowest BCUT2D eigenvalue weighted by molar-refractivity contribution is -0.126. The van der Waals surface area contributed by atoms with Crippen LogP contribution in [0.2, 0.25) is 0 Å². The topological polar surface area (TPSA) is 95.1 Å². The highest BCUT2D eigenvalue weighted by atomic mass is 16.5. The first-order chi connectivity index (χ1) is 12.8. The monoisotopic (exact) mass is 371 g/mol. The minimum Gasteiger partial charge on any atom is -0.374 e. The van der Waals surface area contributed by atoms with Gasteiger partial charge in [0.15, 0.2) is 5.82 Å².